The minimum atomic E-state index is -0.556. The second kappa shape index (κ2) is 9.57. The van der Waals surface area contributed by atoms with Crippen LogP contribution in [0.1, 0.15) is 20.8 Å². The summed E-state index contributed by atoms with van der Waals surface area (Å²) in [4.78, 5) is 4.10. The van der Waals surface area contributed by atoms with Gasteiger partial charge in [-0.25, -0.2) is 4.39 Å². The zero-order chi connectivity index (χ0) is 14.1. The number of aliphatic hydroxyl groups excluding tert-OH is 1. The molecule has 0 amide bonds. The molecule has 6 heteroatoms. The number of hydrogen-bond donors (Lipinski definition) is 1. The van der Waals surface area contributed by atoms with E-state index in [1.807, 2.05) is 0 Å². The van der Waals surface area contributed by atoms with E-state index in [0.717, 1.165) is 0 Å². The van der Waals surface area contributed by atoms with E-state index in [1.54, 1.807) is 39.0 Å². The number of para-hydroxylation sites is 1. The van der Waals surface area contributed by atoms with Crippen molar-refractivity contribution in [3.8, 4) is 0 Å². The number of allylic oxidation sites excluding steroid dienone is 2. The number of aliphatic imine (C=N–C) groups is 1. The fourth-order valence-electron chi connectivity index (χ4n) is 1.07. The average molecular weight is 326 g/mol. The predicted molar refractivity (Wildman–Crippen MR) is 71.9 cm³/mol. The van der Waals surface area contributed by atoms with E-state index in [4.69, 9.17) is 18.6 Å². The summed E-state index contributed by atoms with van der Waals surface area (Å²) in [5.74, 6) is -0.159. The number of halogens is 3. The summed E-state index contributed by atoms with van der Waals surface area (Å²) in [5.41, 5.74) is 1.56. The van der Waals surface area contributed by atoms with E-state index >= 15 is 0 Å². The summed E-state index contributed by atoms with van der Waals surface area (Å²) in [6.45, 7) is 5.06. The molecular formula is C12H14Cl2FNOTi. The Kier molecular flexibility index (Phi) is 9.38. The van der Waals surface area contributed by atoms with Crippen molar-refractivity contribution in [3.05, 3.63) is 41.4 Å². The monoisotopic (exact) mass is 325 g/mol. The Morgan fingerprint density at radius 3 is 2.17 bits per heavy atom. The molecule has 98 valence electrons. The fourth-order valence-corrected chi connectivity index (χ4v) is 1.07. The van der Waals surface area contributed by atoms with Crippen molar-refractivity contribution in [3.63, 3.8) is 0 Å². The summed E-state index contributed by atoms with van der Waals surface area (Å²) in [5, 5.41) is 9.24. The molecule has 0 saturated carbocycles. The first-order chi connectivity index (χ1) is 8.43. The molecule has 0 radical (unpaired) electrons. The normalized spacial score (nSPS) is 12.2. The molecule has 2 nitrogen and oxygen atoms in total. The fraction of sp³-hybridized carbons (Fsp3) is 0.250. The second-order valence-electron chi connectivity index (χ2n) is 3.43. The van der Waals surface area contributed by atoms with Crippen LogP contribution < -0.4 is 0 Å². The molecule has 1 rings (SSSR count). The molecule has 0 saturated heterocycles. The van der Waals surface area contributed by atoms with Crippen LogP contribution in [0, 0.1) is 5.82 Å². The van der Waals surface area contributed by atoms with Crippen molar-refractivity contribution in [1.29, 1.82) is 0 Å². The quantitative estimate of drug-likeness (QED) is 0.455. The number of rotatable bonds is 2. The van der Waals surface area contributed by atoms with Crippen LogP contribution in [0.2, 0.25) is 0 Å². The molecule has 0 heterocycles. The molecule has 1 N–H and O–H groups in total. The van der Waals surface area contributed by atoms with Gasteiger partial charge < -0.3 is 5.11 Å². The zero-order valence-electron chi connectivity index (χ0n) is 10.3. The van der Waals surface area contributed by atoms with Crippen LogP contribution in [0.5, 0.6) is 0 Å². The van der Waals surface area contributed by atoms with Crippen molar-refractivity contribution in [1.82, 2.24) is 0 Å². The first-order valence-electron chi connectivity index (χ1n) is 5.07. The maximum absolute atomic E-state index is 13.2. The molecule has 18 heavy (non-hydrogen) atoms. The van der Waals surface area contributed by atoms with Crippen molar-refractivity contribution in [2.24, 2.45) is 4.99 Å². The molecule has 0 atom stereocenters. The van der Waals surface area contributed by atoms with E-state index in [1.165, 1.54) is 6.07 Å². The van der Waals surface area contributed by atoms with E-state index in [-0.39, 0.29) is 17.3 Å². The van der Waals surface area contributed by atoms with Crippen LogP contribution >= 0.6 is 18.6 Å². The number of aliphatic hydroxyl groups is 1. The molecule has 0 bridgehead atoms. The topological polar surface area (TPSA) is 32.6 Å². The first-order valence-corrected chi connectivity index (χ1v) is 9.36. The van der Waals surface area contributed by atoms with E-state index in [2.05, 4.69) is 4.99 Å². The van der Waals surface area contributed by atoms with E-state index in [9.17, 15) is 9.50 Å². The Hall–Kier alpha value is -0.346. The standard InChI is InChI=1S/C12H14FNO.2ClH.Ti/c1-8(10(3)15)9(2)14-12-7-5-4-6-11(12)13;;;/h4-7,15H,1-3H3;2*1H;/q;;;+2/p-2/b10-8-,14-9?;;;. The third kappa shape index (κ3) is 6.55. The van der Waals surface area contributed by atoms with Crippen molar-refractivity contribution in [2.75, 3.05) is 0 Å². The van der Waals surface area contributed by atoms with Crippen LogP contribution in [0.4, 0.5) is 10.1 Å². The van der Waals surface area contributed by atoms with Gasteiger partial charge in [-0.3, -0.25) is 4.99 Å². The second-order valence-corrected chi connectivity index (χ2v) is 6.01. The maximum atomic E-state index is 13.2. The Morgan fingerprint density at radius 2 is 1.72 bits per heavy atom. The molecule has 1 aromatic rings. The van der Waals surface area contributed by atoms with Gasteiger partial charge in [0.05, 0.1) is 11.4 Å². The summed E-state index contributed by atoms with van der Waals surface area (Å²) < 4.78 is 13.2. The molecule has 0 aromatic heterocycles. The molecule has 1 aromatic carbocycles. The summed E-state index contributed by atoms with van der Waals surface area (Å²) in [6, 6.07) is 6.29. The van der Waals surface area contributed by atoms with Gasteiger partial charge in [-0.15, -0.1) is 0 Å². The summed E-state index contributed by atoms with van der Waals surface area (Å²) in [7, 11) is 9.78. The third-order valence-corrected chi connectivity index (χ3v) is 2.23. The zero-order valence-corrected chi connectivity index (χ0v) is 13.4. The van der Waals surface area contributed by atoms with Gasteiger partial charge in [0.25, 0.3) is 0 Å². The molecule has 0 spiro atoms. The molecular weight excluding hydrogens is 312 g/mol. The third-order valence-electron chi connectivity index (χ3n) is 2.23. The molecule has 0 unspecified atom stereocenters. The molecule has 0 aliphatic heterocycles. The Labute approximate surface area is 123 Å². The van der Waals surface area contributed by atoms with Crippen molar-refractivity contribution >= 4 is 30.0 Å². The Bertz CT molecular complexity index is 445. The molecule has 0 aliphatic rings. The van der Waals surface area contributed by atoms with Crippen LogP contribution in [-0.2, 0) is 17.0 Å². The van der Waals surface area contributed by atoms with Crippen LogP contribution in [0.3, 0.4) is 0 Å². The van der Waals surface area contributed by atoms with Gasteiger partial charge in [0, 0.05) is 11.3 Å². The van der Waals surface area contributed by atoms with Gasteiger partial charge in [0.15, 0.2) is 0 Å². The van der Waals surface area contributed by atoms with Gasteiger partial charge in [-0.1, -0.05) is 12.1 Å². The summed E-state index contributed by atoms with van der Waals surface area (Å²) >= 11 is -0.556. The molecule has 0 fully saturated rings. The van der Waals surface area contributed by atoms with Crippen LogP contribution in [-0.4, -0.2) is 10.8 Å². The minimum absolute atomic E-state index is 0.201. The van der Waals surface area contributed by atoms with Gasteiger partial charge in [-0.05, 0) is 32.9 Å². The van der Waals surface area contributed by atoms with E-state index in [0.29, 0.717) is 11.3 Å². The first kappa shape index (κ1) is 17.7. The number of nitrogens with zero attached hydrogens (tertiary/aromatic N) is 1. The summed E-state index contributed by atoms with van der Waals surface area (Å²) in [6.07, 6.45) is 0. The molecule has 0 aliphatic carbocycles. The van der Waals surface area contributed by atoms with Gasteiger partial charge >= 0.3 is 35.6 Å². The van der Waals surface area contributed by atoms with Gasteiger partial charge in [0.2, 0.25) is 0 Å². The number of benzene rings is 1. The Balaban J connectivity index is 0.000000873. The predicted octanol–water partition coefficient (Wildman–Crippen LogP) is 5.15. The van der Waals surface area contributed by atoms with Crippen molar-refractivity contribution < 1.29 is 26.5 Å². The average Bonchev–Trinajstić information content (AvgIpc) is 2.32. The van der Waals surface area contributed by atoms with Gasteiger partial charge in [-0.2, -0.15) is 0 Å². The van der Waals surface area contributed by atoms with E-state index < -0.39 is 17.0 Å². The SMILES string of the molecule is CC(=Nc1ccccc1F)/C(C)=C(/C)O.[Cl][Ti][Cl]. The van der Waals surface area contributed by atoms with Crippen molar-refractivity contribution in [2.45, 2.75) is 20.8 Å². The Morgan fingerprint density at radius 1 is 1.22 bits per heavy atom. The van der Waals surface area contributed by atoms with Gasteiger partial charge in [0.1, 0.15) is 5.82 Å². The van der Waals surface area contributed by atoms with Crippen LogP contribution in [0.15, 0.2) is 40.6 Å². The number of hydrogen-bond acceptors (Lipinski definition) is 2. The van der Waals surface area contributed by atoms with Crippen LogP contribution in [0.25, 0.3) is 0 Å².